The molecule has 0 aliphatic rings. The number of rotatable bonds is 7. The number of hydrogen-bond donors (Lipinski definition) is 3. The predicted octanol–water partition coefficient (Wildman–Crippen LogP) is 2.65. The monoisotopic (exact) mass is 427 g/mol. The Morgan fingerprint density at radius 1 is 1.03 bits per heavy atom. The van der Waals surface area contributed by atoms with Gasteiger partial charge in [0.1, 0.15) is 6.04 Å². The summed E-state index contributed by atoms with van der Waals surface area (Å²) < 4.78 is 37.8. The van der Waals surface area contributed by atoms with E-state index in [2.05, 4.69) is 10.6 Å². The van der Waals surface area contributed by atoms with Gasteiger partial charge >= 0.3 is 6.18 Å². The number of carbonyl (C=O) groups excluding carboxylic acids is 3. The third kappa shape index (κ3) is 6.49. The molecule has 0 bridgehead atoms. The number of nitrogens with two attached hydrogens (primary N) is 1. The molecule has 2 rings (SSSR count). The number of amides is 3. The number of alkyl halides is 3. The Bertz CT molecular complexity index is 902. The van der Waals surface area contributed by atoms with Crippen LogP contribution < -0.4 is 16.4 Å². The van der Waals surface area contributed by atoms with Gasteiger partial charge in [-0.05, 0) is 29.8 Å². The molecule has 0 saturated heterocycles. The van der Waals surface area contributed by atoms with E-state index in [0.717, 1.165) is 12.1 Å². The molecule has 0 spiro atoms. The highest BCUT2D eigenvalue weighted by atomic mass is 35.5. The fraction of sp³-hybridized carbons (Fsp3) is 0.211. The number of benzene rings is 2. The molecule has 1 unspecified atom stereocenters. The molecule has 154 valence electrons. The third-order valence-electron chi connectivity index (χ3n) is 3.89. The van der Waals surface area contributed by atoms with E-state index in [0.29, 0.717) is 5.56 Å². The normalized spacial score (nSPS) is 12.1. The zero-order chi connectivity index (χ0) is 21.6. The summed E-state index contributed by atoms with van der Waals surface area (Å²) in [6, 6.07) is 9.08. The van der Waals surface area contributed by atoms with Gasteiger partial charge in [0.05, 0.1) is 22.6 Å². The van der Waals surface area contributed by atoms with Crippen molar-refractivity contribution < 1.29 is 27.6 Å². The molecule has 29 heavy (non-hydrogen) atoms. The Morgan fingerprint density at radius 2 is 1.66 bits per heavy atom. The summed E-state index contributed by atoms with van der Waals surface area (Å²) in [6.45, 7) is -0.103. The van der Waals surface area contributed by atoms with Gasteiger partial charge in [-0.15, -0.1) is 0 Å². The molecule has 0 saturated carbocycles. The van der Waals surface area contributed by atoms with E-state index in [9.17, 15) is 27.6 Å². The molecule has 3 amide bonds. The van der Waals surface area contributed by atoms with Gasteiger partial charge in [-0.25, -0.2) is 0 Å². The van der Waals surface area contributed by atoms with Crippen molar-refractivity contribution in [3.05, 3.63) is 70.2 Å². The minimum absolute atomic E-state index is 0.103. The average Bonchev–Trinajstić information content (AvgIpc) is 2.65. The van der Waals surface area contributed by atoms with Crippen LogP contribution >= 0.6 is 11.6 Å². The Kier molecular flexibility index (Phi) is 7.22. The van der Waals surface area contributed by atoms with E-state index in [1.54, 1.807) is 12.1 Å². The molecule has 6 nitrogen and oxygen atoms in total. The van der Waals surface area contributed by atoms with Gasteiger partial charge in [0.2, 0.25) is 11.8 Å². The zero-order valence-corrected chi connectivity index (χ0v) is 15.7. The lowest BCUT2D eigenvalue weighted by molar-refractivity contribution is -0.137. The first-order valence-electron chi connectivity index (χ1n) is 8.35. The van der Waals surface area contributed by atoms with Crippen molar-refractivity contribution in [3.63, 3.8) is 0 Å². The highest BCUT2D eigenvalue weighted by Gasteiger charge is 2.30. The largest absolute Gasteiger partial charge is 0.416 e. The number of halogens is 4. The van der Waals surface area contributed by atoms with Crippen LogP contribution in [0.15, 0.2) is 48.5 Å². The summed E-state index contributed by atoms with van der Waals surface area (Å²) in [7, 11) is 0. The van der Waals surface area contributed by atoms with E-state index >= 15 is 0 Å². The van der Waals surface area contributed by atoms with Gasteiger partial charge in [0.25, 0.3) is 5.91 Å². The van der Waals surface area contributed by atoms with Crippen molar-refractivity contribution in [2.24, 2.45) is 5.73 Å². The molecular weight excluding hydrogens is 411 g/mol. The molecule has 2 aromatic rings. The maximum atomic E-state index is 12.6. The number of primary amides is 1. The lowest BCUT2D eigenvalue weighted by Gasteiger charge is -2.18. The standard InChI is InChI=1S/C19H17ClF3N3O3/c20-14-4-2-1-3-13(14)17(28)26-15(9-16(24)27)18(29)25-10-11-5-7-12(8-6-11)19(21,22)23/h1-8,15H,9-10H2,(H2,24,27)(H,25,29)(H,26,28). The molecule has 2 aromatic carbocycles. The van der Waals surface area contributed by atoms with Crippen molar-refractivity contribution in [1.29, 1.82) is 0 Å². The first kappa shape index (κ1) is 22.2. The van der Waals surface area contributed by atoms with Gasteiger partial charge in [-0.1, -0.05) is 35.9 Å². The van der Waals surface area contributed by atoms with Crippen LogP contribution in [-0.4, -0.2) is 23.8 Å². The lowest BCUT2D eigenvalue weighted by atomic mass is 10.1. The summed E-state index contributed by atoms with van der Waals surface area (Å²) in [6.07, 6.45) is -4.92. The van der Waals surface area contributed by atoms with Crippen LogP contribution in [0.2, 0.25) is 5.02 Å². The fourth-order valence-electron chi connectivity index (χ4n) is 2.42. The molecule has 0 radical (unpaired) electrons. The van der Waals surface area contributed by atoms with E-state index in [4.69, 9.17) is 17.3 Å². The maximum absolute atomic E-state index is 12.6. The van der Waals surface area contributed by atoms with Crippen molar-refractivity contribution in [2.75, 3.05) is 0 Å². The molecular formula is C19H17ClF3N3O3. The second-order valence-corrected chi connectivity index (χ2v) is 6.50. The SMILES string of the molecule is NC(=O)CC(NC(=O)c1ccccc1Cl)C(=O)NCc1ccc(C(F)(F)F)cc1. The highest BCUT2D eigenvalue weighted by molar-refractivity contribution is 6.33. The van der Waals surface area contributed by atoms with Crippen LogP contribution in [0, 0.1) is 0 Å². The number of hydrogen-bond acceptors (Lipinski definition) is 3. The Morgan fingerprint density at radius 3 is 2.21 bits per heavy atom. The number of nitrogens with one attached hydrogen (secondary N) is 2. The second-order valence-electron chi connectivity index (χ2n) is 6.09. The minimum Gasteiger partial charge on any atom is -0.370 e. The predicted molar refractivity (Wildman–Crippen MR) is 99.8 cm³/mol. The Balaban J connectivity index is 2.04. The minimum atomic E-state index is -4.46. The van der Waals surface area contributed by atoms with E-state index in [1.807, 2.05) is 0 Å². The van der Waals surface area contributed by atoms with Crippen LogP contribution in [0.1, 0.15) is 27.9 Å². The summed E-state index contributed by atoms with van der Waals surface area (Å²) in [4.78, 5) is 36.0. The summed E-state index contributed by atoms with van der Waals surface area (Å²) in [5.41, 5.74) is 4.84. The summed E-state index contributed by atoms with van der Waals surface area (Å²) in [5.74, 6) is -2.21. The van der Waals surface area contributed by atoms with Crippen LogP contribution in [-0.2, 0) is 22.3 Å². The van der Waals surface area contributed by atoms with E-state index in [1.165, 1.54) is 24.3 Å². The number of carbonyl (C=O) groups is 3. The van der Waals surface area contributed by atoms with Gasteiger partial charge < -0.3 is 16.4 Å². The molecule has 0 aliphatic carbocycles. The van der Waals surface area contributed by atoms with E-state index < -0.39 is 41.9 Å². The van der Waals surface area contributed by atoms with E-state index in [-0.39, 0.29) is 17.1 Å². The molecule has 0 aliphatic heterocycles. The summed E-state index contributed by atoms with van der Waals surface area (Å²) in [5, 5.41) is 5.00. The first-order chi connectivity index (χ1) is 13.6. The molecule has 0 fully saturated rings. The van der Waals surface area contributed by atoms with Gasteiger partial charge in [0.15, 0.2) is 0 Å². The molecule has 0 aromatic heterocycles. The van der Waals surface area contributed by atoms with Crippen molar-refractivity contribution in [3.8, 4) is 0 Å². The van der Waals surface area contributed by atoms with Crippen LogP contribution in [0.5, 0.6) is 0 Å². The van der Waals surface area contributed by atoms with Crippen LogP contribution in [0.25, 0.3) is 0 Å². The smallest absolute Gasteiger partial charge is 0.370 e. The van der Waals surface area contributed by atoms with Gasteiger partial charge in [0, 0.05) is 6.54 Å². The van der Waals surface area contributed by atoms with Crippen molar-refractivity contribution >= 4 is 29.3 Å². The fourth-order valence-corrected chi connectivity index (χ4v) is 2.64. The molecule has 4 N–H and O–H groups in total. The Labute approximate surface area is 169 Å². The van der Waals surface area contributed by atoms with Gasteiger partial charge in [-0.3, -0.25) is 14.4 Å². The topological polar surface area (TPSA) is 101 Å². The highest BCUT2D eigenvalue weighted by Crippen LogP contribution is 2.29. The third-order valence-corrected chi connectivity index (χ3v) is 4.22. The lowest BCUT2D eigenvalue weighted by Crippen LogP contribution is -2.48. The quantitative estimate of drug-likeness (QED) is 0.633. The summed E-state index contributed by atoms with van der Waals surface area (Å²) >= 11 is 5.94. The zero-order valence-electron chi connectivity index (χ0n) is 14.9. The first-order valence-corrected chi connectivity index (χ1v) is 8.73. The van der Waals surface area contributed by atoms with Crippen molar-refractivity contribution in [2.45, 2.75) is 25.2 Å². The molecule has 1 atom stereocenters. The van der Waals surface area contributed by atoms with Crippen LogP contribution in [0.3, 0.4) is 0 Å². The van der Waals surface area contributed by atoms with Crippen LogP contribution in [0.4, 0.5) is 13.2 Å². The maximum Gasteiger partial charge on any atom is 0.416 e. The van der Waals surface area contributed by atoms with Crippen molar-refractivity contribution in [1.82, 2.24) is 10.6 Å². The molecule has 0 heterocycles. The van der Waals surface area contributed by atoms with Gasteiger partial charge in [-0.2, -0.15) is 13.2 Å². The Hall–Kier alpha value is -3.07. The molecule has 10 heteroatoms. The second kappa shape index (κ2) is 9.42. The average molecular weight is 428 g/mol.